The molecule has 0 spiro atoms. The average molecular weight is 324 g/mol. The van der Waals surface area contributed by atoms with Crippen molar-refractivity contribution >= 4 is 22.9 Å². The molecule has 0 saturated heterocycles. The topological polar surface area (TPSA) is 80.9 Å². The molecule has 3 aromatic rings. The van der Waals surface area contributed by atoms with Crippen molar-refractivity contribution in [1.29, 1.82) is 0 Å². The van der Waals surface area contributed by atoms with Gasteiger partial charge in [0.25, 0.3) is 5.91 Å². The third-order valence-corrected chi connectivity index (χ3v) is 4.31. The van der Waals surface area contributed by atoms with E-state index in [0.29, 0.717) is 17.9 Å². The molecule has 0 fully saturated rings. The number of thiazole rings is 1. The van der Waals surface area contributed by atoms with Crippen molar-refractivity contribution in [2.24, 2.45) is 5.73 Å². The molecular formula is C17H16N4OS. The number of nitrogens with two attached hydrogens (primary N) is 1. The second kappa shape index (κ2) is 6.68. The van der Waals surface area contributed by atoms with Gasteiger partial charge < -0.3 is 11.1 Å². The Balaban J connectivity index is 1.75. The van der Waals surface area contributed by atoms with E-state index in [2.05, 4.69) is 15.3 Å². The number of aromatic nitrogens is 2. The molecule has 23 heavy (non-hydrogen) atoms. The molecule has 1 aromatic carbocycles. The fourth-order valence-corrected chi connectivity index (χ4v) is 3.00. The summed E-state index contributed by atoms with van der Waals surface area (Å²) in [5, 5.41) is 3.57. The van der Waals surface area contributed by atoms with Crippen LogP contribution in [0.4, 0.5) is 5.69 Å². The van der Waals surface area contributed by atoms with E-state index in [1.807, 2.05) is 49.4 Å². The zero-order valence-electron chi connectivity index (χ0n) is 12.6. The first kappa shape index (κ1) is 15.3. The number of aryl methyl sites for hydroxylation is 1. The smallest absolute Gasteiger partial charge is 0.275 e. The quantitative estimate of drug-likeness (QED) is 0.772. The first-order valence-corrected chi connectivity index (χ1v) is 7.98. The zero-order chi connectivity index (χ0) is 16.2. The fraction of sp³-hybridized carbons (Fsp3) is 0.118. The summed E-state index contributed by atoms with van der Waals surface area (Å²) in [7, 11) is 0. The third kappa shape index (κ3) is 3.44. The highest BCUT2D eigenvalue weighted by Crippen LogP contribution is 2.20. The number of benzene rings is 1. The molecule has 3 rings (SSSR count). The molecule has 2 aromatic heterocycles. The lowest BCUT2D eigenvalue weighted by Gasteiger charge is -2.05. The standard InChI is InChI=1S/C17H16N4OS/c1-11-16(21-15(9-18)23-11)17(22)20-13-7-8-14(19-10-13)12-5-3-2-4-6-12/h2-8,10H,9,18H2,1H3,(H,20,22). The highest BCUT2D eigenvalue weighted by Gasteiger charge is 2.15. The number of nitrogens with zero attached hydrogens (tertiary/aromatic N) is 2. The minimum Gasteiger partial charge on any atom is -0.325 e. The van der Waals surface area contributed by atoms with Gasteiger partial charge >= 0.3 is 0 Å². The minimum absolute atomic E-state index is 0.243. The lowest BCUT2D eigenvalue weighted by Crippen LogP contribution is -2.14. The van der Waals surface area contributed by atoms with Crippen LogP contribution in [0.1, 0.15) is 20.4 Å². The van der Waals surface area contributed by atoms with Gasteiger partial charge in [0, 0.05) is 17.0 Å². The van der Waals surface area contributed by atoms with Crippen LogP contribution in [0.25, 0.3) is 11.3 Å². The van der Waals surface area contributed by atoms with E-state index in [-0.39, 0.29) is 5.91 Å². The van der Waals surface area contributed by atoms with Gasteiger partial charge in [0.05, 0.1) is 17.6 Å². The molecule has 0 aliphatic heterocycles. The highest BCUT2D eigenvalue weighted by molar-refractivity contribution is 7.11. The molecule has 0 bridgehead atoms. The van der Waals surface area contributed by atoms with Gasteiger partial charge in [0.15, 0.2) is 0 Å². The van der Waals surface area contributed by atoms with Crippen molar-refractivity contribution in [3.8, 4) is 11.3 Å². The first-order chi connectivity index (χ1) is 11.2. The number of pyridine rings is 1. The van der Waals surface area contributed by atoms with Crippen molar-refractivity contribution in [2.75, 3.05) is 5.32 Å². The maximum Gasteiger partial charge on any atom is 0.275 e. The molecule has 0 aliphatic carbocycles. The summed E-state index contributed by atoms with van der Waals surface area (Å²) in [6.07, 6.45) is 1.64. The summed E-state index contributed by atoms with van der Waals surface area (Å²) in [6, 6.07) is 13.6. The third-order valence-electron chi connectivity index (χ3n) is 3.32. The predicted molar refractivity (Wildman–Crippen MR) is 92.4 cm³/mol. The molecule has 2 heterocycles. The molecule has 0 radical (unpaired) electrons. The molecule has 116 valence electrons. The van der Waals surface area contributed by atoms with Crippen LogP contribution in [0.5, 0.6) is 0 Å². The van der Waals surface area contributed by atoms with Crippen LogP contribution in [0.3, 0.4) is 0 Å². The summed E-state index contributed by atoms with van der Waals surface area (Å²) >= 11 is 1.44. The monoisotopic (exact) mass is 324 g/mol. The van der Waals surface area contributed by atoms with Gasteiger partial charge in [0.2, 0.25) is 0 Å². The van der Waals surface area contributed by atoms with Gasteiger partial charge in [-0.05, 0) is 19.1 Å². The highest BCUT2D eigenvalue weighted by atomic mass is 32.1. The largest absolute Gasteiger partial charge is 0.325 e. The van der Waals surface area contributed by atoms with Gasteiger partial charge in [-0.15, -0.1) is 11.3 Å². The van der Waals surface area contributed by atoms with Crippen molar-refractivity contribution in [3.63, 3.8) is 0 Å². The molecule has 1 amide bonds. The molecule has 0 saturated carbocycles. The lowest BCUT2D eigenvalue weighted by molar-refractivity contribution is 0.102. The van der Waals surface area contributed by atoms with Gasteiger partial charge in [0.1, 0.15) is 10.7 Å². The van der Waals surface area contributed by atoms with Crippen LogP contribution >= 0.6 is 11.3 Å². The Kier molecular flexibility index (Phi) is 4.45. The molecule has 0 atom stereocenters. The Morgan fingerprint density at radius 3 is 2.61 bits per heavy atom. The van der Waals surface area contributed by atoms with E-state index in [4.69, 9.17) is 5.73 Å². The summed E-state index contributed by atoms with van der Waals surface area (Å²) in [5.74, 6) is -0.243. The second-order valence-corrected chi connectivity index (χ2v) is 6.26. The molecule has 5 nitrogen and oxygen atoms in total. The molecule has 0 unspecified atom stereocenters. The summed E-state index contributed by atoms with van der Waals surface area (Å²) in [4.78, 5) is 21.8. The number of anilines is 1. The summed E-state index contributed by atoms with van der Waals surface area (Å²) in [5.41, 5.74) is 8.51. The Bertz CT molecular complexity index is 812. The van der Waals surface area contributed by atoms with E-state index in [1.54, 1.807) is 6.20 Å². The number of nitrogens with one attached hydrogen (secondary N) is 1. The van der Waals surface area contributed by atoms with Gasteiger partial charge in [-0.3, -0.25) is 9.78 Å². The number of carbonyl (C=O) groups excluding carboxylic acids is 1. The Morgan fingerprint density at radius 2 is 2.00 bits per heavy atom. The average Bonchev–Trinajstić information content (AvgIpc) is 2.97. The van der Waals surface area contributed by atoms with Crippen molar-refractivity contribution < 1.29 is 4.79 Å². The number of amides is 1. The van der Waals surface area contributed by atoms with E-state index < -0.39 is 0 Å². The van der Waals surface area contributed by atoms with Crippen LogP contribution in [0.2, 0.25) is 0 Å². The van der Waals surface area contributed by atoms with Gasteiger partial charge in [-0.25, -0.2) is 4.98 Å². The van der Waals surface area contributed by atoms with Crippen molar-refractivity contribution in [3.05, 3.63) is 64.2 Å². The van der Waals surface area contributed by atoms with Crippen LogP contribution in [-0.2, 0) is 6.54 Å². The molecule has 6 heteroatoms. The Labute approximate surface area is 138 Å². The molecule has 3 N–H and O–H groups in total. The maximum atomic E-state index is 12.3. The number of hydrogen-bond donors (Lipinski definition) is 2. The van der Waals surface area contributed by atoms with E-state index in [9.17, 15) is 4.79 Å². The first-order valence-electron chi connectivity index (χ1n) is 7.16. The predicted octanol–water partition coefficient (Wildman–Crippen LogP) is 3.22. The molecular weight excluding hydrogens is 308 g/mol. The zero-order valence-corrected chi connectivity index (χ0v) is 13.4. The van der Waals surface area contributed by atoms with E-state index in [1.165, 1.54) is 11.3 Å². The maximum absolute atomic E-state index is 12.3. The summed E-state index contributed by atoms with van der Waals surface area (Å²) < 4.78 is 0. The lowest BCUT2D eigenvalue weighted by atomic mass is 10.1. The van der Waals surface area contributed by atoms with Gasteiger partial charge in [-0.2, -0.15) is 0 Å². The van der Waals surface area contributed by atoms with Crippen molar-refractivity contribution in [2.45, 2.75) is 13.5 Å². The van der Waals surface area contributed by atoms with Crippen LogP contribution in [0.15, 0.2) is 48.7 Å². The fourth-order valence-electron chi connectivity index (χ4n) is 2.19. The van der Waals surface area contributed by atoms with Crippen LogP contribution < -0.4 is 11.1 Å². The number of carbonyl (C=O) groups is 1. The normalized spacial score (nSPS) is 10.5. The second-order valence-electron chi connectivity index (χ2n) is 4.97. The van der Waals surface area contributed by atoms with Crippen LogP contribution in [0, 0.1) is 6.92 Å². The SMILES string of the molecule is Cc1sc(CN)nc1C(=O)Nc1ccc(-c2ccccc2)nc1. The number of hydrogen-bond acceptors (Lipinski definition) is 5. The van der Waals surface area contributed by atoms with Crippen molar-refractivity contribution in [1.82, 2.24) is 9.97 Å². The summed E-state index contributed by atoms with van der Waals surface area (Å²) in [6.45, 7) is 2.20. The van der Waals surface area contributed by atoms with E-state index >= 15 is 0 Å². The van der Waals surface area contributed by atoms with Crippen LogP contribution in [-0.4, -0.2) is 15.9 Å². The molecule has 0 aliphatic rings. The van der Waals surface area contributed by atoms with Gasteiger partial charge in [-0.1, -0.05) is 30.3 Å². The minimum atomic E-state index is -0.243. The number of rotatable bonds is 4. The van der Waals surface area contributed by atoms with E-state index in [0.717, 1.165) is 21.1 Å². The Morgan fingerprint density at radius 1 is 1.22 bits per heavy atom. The Hall–Kier alpha value is -2.57.